The standard InChI is InChI=1S/C11H21N3O2/c1-3-8-5-4-7(2)14(8)11(16)9(12)6-10(13)15/h7-9H,3-6,12H2,1-2H3,(H2,13,15). The van der Waals surface area contributed by atoms with Crippen molar-refractivity contribution in [1.29, 1.82) is 0 Å². The van der Waals surface area contributed by atoms with Gasteiger partial charge in [0.05, 0.1) is 12.5 Å². The topological polar surface area (TPSA) is 89.4 Å². The van der Waals surface area contributed by atoms with E-state index in [-0.39, 0.29) is 24.4 Å². The summed E-state index contributed by atoms with van der Waals surface area (Å²) < 4.78 is 0. The average molecular weight is 227 g/mol. The van der Waals surface area contributed by atoms with E-state index in [2.05, 4.69) is 6.92 Å². The van der Waals surface area contributed by atoms with E-state index in [4.69, 9.17) is 11.5 Å². The van der Waals surface area contributed by atoms with Crippen molar-refractivity contribution in [2.45, 2.75) is 57.7 Å². The zero-order valence-corrected chi connectivity index (χ0v) is 9.98. The average Bonchev–Trinajstić information content (AvgIpc) is 2.57. The van der Waals surface area contributed by atoms with Gasteiger partial charge in [-0.05, 0) is 26.2 Å². The molecule has 2 amide bonds. The summed E-state index contributed by atoms with van der Waals surface area (Å²) in [4.78, 5) is 24.6. The van der Waals surface area contributed by atoms with Crippen molar-refractivity contribution in [2.24, 2.45) is 11.5 Å². The molecule has 16 heavy (non-hydrogen) atoms. The number of likely N-dealkylation sites (tertiary alicyclic amines) is 1. The summed E-state index contributed by atoms with van der Waals surface area (Å²) in [5.41, 5.74) is 10.7. The van der Waals surface area contributed by atoms with Crippen molar-refractivity contribution < 1.29 is 9.59 Å². The van der Waals surface area contributed by atoms with Crippen LogP contribution in [0.25, 0.3) is 0 Å². The quantitative estimate of drug-likeness (QED) is 0.707. The van der Waals surface area contributed by atoms with Gasteiger partial charge in [-0.15, -0.1) is 0 Å². The molecule has 0 spiro atoms. The first kappa shape index (κ1) is 13.0. The molecule has 0 radical (unpaired) electrons. The van der Waals surface area contributed by atoms with Crippen molar-refractivity contribution in [3.63, 3.8) is 0 Å². The van der Waals surface area contributed by atoms with Gasteiger partial charge in [0.25, 0.3) is 0 Å². The van der Waals surface area contributed by atoms with Gasteiger partial charge in [-0.2, -0.15) is 0 Å². The van der Waals surface area contributed by atoms with Crippen LogP contribution in [0.15, 0.2) is 0 Å². The lowest BCUT2D eigenvalue weighted by Gasteiger charge is -2.30. The minimum Gasteiger partial charge on any atom is -0.370 e. The monoisotopic (exact) mass is 227 g/mol. The van der Waals surface area contributed by atoms with Crippen molar-refractivity contribution in [2.75, 3.05) is 0 Å². The minimum absolute atomic E-state index is 0.0709. The van der Waals surface area contributed by atoms with Crippen LogP contribution in [0.1, 0.15) is 39.5 Å². The molecule has 0 bridgehead atoms. The highest BCUT2D eigenvalue weighted by molar-refractivity contribution is 5.88. The van der Waals surface area contributed by atoms with E-state index in [0.29, 0.717) is 0 Å². The molecule has 1 aliphatic heterocycles. The molecule has 1 aliphatic rings. The third kappa shape index (κ3) is 2.72. The summed E-state index contributed by atoms with van der Waals surface area (Å²) in [6.45, 7) is 4.08. The van der Waals surface area contributed by atoms with Gasteiger partial charge in [-0.3, -0.25) is 9.59 Å². The third-order valence-electron chi connectivity index (χ3n) is 3.25. The Morgan fingerprint density at radius 3 is 2.56 bits per heavy atom. The number of amides is 2. The number of hydrogen-bond acceptors (Lipinski definition) is 3. The molecule has 0 saturated carbocycles. The number of rotatable bonds is 4. The van der Waals surface area contributed by atoms with Crippen LogP contribution in [0.4, 0.5) is 0 Å². The van der Waals surface area contributed by atoms with Gasteiger partial charge < -0.3 is 16.4 Å². The molecule has 1 fully saturated rings. The number of hydrogen-bond donors (Lipinski definition) is 2. The first-order valence-electron chi connectivity index (χ1n) is 5.83. The maximum absolute atomic E-state index is 12.1. The van der Waals surface area contributed by atoms with E-state index in [1.165, 1.54) is 0 Å². The molecule has 0 aromatic carbocycles. The molecular formula is C11H21N3O2. The molecule has 92 valence electrons. The molecule has 1 heterocycles. The molecule has 5 nitrogen and oxygen atoms in total. The lowest BCUT2D eigenvalue weighted by Crippen LogP contribution is -2.49. The number of carbonyl (C=O) groups excluding carboxylic acids is 2. The second-order valence-electron chi connectivity index (χ2n) is 4.51. The van der Waals surface area contributed by atoms with E-state index >= 15 is 0 Å². The maximum atomic E-state index is 12.1. The Kier molecular flexibility index (Phi) is 4.29. The molecule has 4 N–H and O–H groups in total. The second kappa shape index (κ2) is 5.30. The lowest BCUT2D eigenvalue weighted by atomic mass is 10.1. The zero-order chi connectivity index (χ0) is 12.3. The van der Waals surface area contributed by atoms with Crippen molar-refractivity contribution in [3.8, 4) is 0 Å². The van der Waals surface area contributed by atoms with Gasteiger partial charge in [0.1, 0.15) is 0 Å². The van der Waals surface area contributed by atoms with Crippen LogP contribution in [0.5, 0.6) is 0 Å². The normalized spacial score (nSPS) is 26.8. The van der Waals surface area contributed by atoms with Gasteiger partial charge >= 0.3 is 0 Å². The highest BCUT2D eigenvalue weighted by atomic mass is 16.2. The SMILES string of the molecule is CCC1CCC(C)N1C(=O)C(N)CC(N)=O. The Balaban J connectivity index is 2.67. The van der Waals surface area contributed by atoms with Gasteiger partial charge in [-0.25, -0.2) is 0 Å². The molecule has 1 saturated heterocycles. The fourth-order valence-electron chi connectivity index (χ4n) is 2.37. The first-order valence-corrected chi connectivity index (χ1v) is 5.83. The third-order valence-corrected chi connectivity index (χ3v) is 3.25. The van der Waals surface area contributed by atoms with Crippen molar-refractivity contribution in [1.82, 2.24) is 4.90 Å². The van der Waals surface area contributed by atoms with Crippen LogP contribution in [0.2, 0.25) is 0 Å². The van der Waals surface area contributed by atoms with Crippen LogP contribution in [0, 0.1) is 0 Å². The lowest BCUT2D eigenvalue weighted by molar-refractivity contribution is -0.137. The smallest absolute Gasteiger partial charge is 0.240 e. The van der Waals surface area contributed by atoms with Crippen LogP contribution < -0.4 is 11.5 Å². The molecule has 3 unspecified atom stereocenters. The van der Waals surface area contributed by atoms with E-state index in [9.17, 15) is 9.59 Å². The molecule has 5 heteroatoms. The number of nitrogens with two attached hydrogens (primary N) is 2. The summed E-state index contributed by atoms with van der Waals surface area (Å²) in [5.74, 6) is -0.670. The zero-order valence-electron chi connectivity index (χ0n) is 9.98. The fourth-order valence-corrected chi connectivity index (χ4v) is 2.37. The van der Waals surface area contributed by atoms with Crippen LogP contribution >= 0.6 is 0 Å². The minimum atomic E-state index is -0.785. The van der Waals surface area contributed by atoms with Gasteiger partial charge in [0.2, 0.25) is 11.8 Å². The van der Waals surface area contributed by atoms with E-state index in [1.807, 2.05) is 11.8 Å². The predicted molar refractivity (Wildman–Crippen MR) is 61.4 cm³/mol. The van der Waals surface area contributed by atoms with E-state index in [0.717, 1.165) is 19.3 Å². The van der Waals surface area contributed by atoms with Crippen LogP contribution in [-0.4, -0.2) is 34.8 Å². The molecular weight excluding hydrogens is 206 g/mol. The molecule has 0 aliphatic carbocycles. The Labute approximate surface area is 96.1 Å². The molecule has 1 rings (SSSR count). The summed E-state index contributed by atoms with van der Waals surface area (Å²) in [6, 6.07) is -0.301. The highest BCUT2D eigenvalue weighted by Crippen LogP contribution is 2.26. The van der Waals surface area contributed by atoms with E-state index in [1.54, 1.807) is 0 Å². The summed E-state index contributed by atoms with van der Waals surface area (Å²) >= 11 is 0. The highest BCUT2D eigenvalue weighted by Gasteiger charge is 2.35. The predicted octanol–water partition coefficient (Wildman–Crippen LogP) is -0.0214. The Bertz CT molecular complexity index is 280. The Morgan fingerprint density at radius 2 is 2.06 bits per heavy atom. The molecule has 3 atom stereocenters. The summed E-state index contributed by atoms with van der Waals surface area (Å²) in [6.07, 6.45) is 2.89. The van der Waals surface area contributed by atoms with Crippen LogP contribution in [0.3, 0.4) is 0 Å². The van der Waals surface area contributed by atoms with Gasteiger partial charge in [-0.1, -0.05) is 6.92 Å². The van der Waals surface area contributed by atoms with Gasteiger partial charge in [0, 0.05) is 12.1 Å². The van der Waals surface area contributed by atoms with Crippen molar-refractivity contribution in [3.05, 3.63) is 0 Å². The van der Waals surface area contributed by atoms with Gasteiger partial charge in [0.15, 0.2) is 0 Å². The fraction of sp³-hybridized carbons (Fsp3) is 0.818. The molecule has 0 aromatic rings. The Hall–Kier alpha value is -1.10. The van der Waals surface area contributed by atoms with Crippen molar-refractivity contribution >= 4 is 11.8 Å². The number of nitrogens with zero attached hydrogens (tertiary/aromatic N) is 1. The maximum Gasteiger partial charge on any atom is 0.240 e. The second-order valence-corrected chi connectivity index (χ2v) is 4.51. The summed E-state index contributed by atoms with van der Waals surface area (Å²) in [5, 5.41) is 0. The number of carbonyl (C=O) groups is 2. The van der Waals surface area contributed by atoms with E-state index < -0.39 is 11.9 Å². The number of primary amides is 1. The first-order chi connectivity index (χ1) is 7.47. The largest absolute Gasteiger partial charge is 0.370 e. The van der Waals surface area contributed by atoms with Crippen LogP contribution in [-0.2, 0) is 9.59 Å². The summed E-state index contributed by atoms with van der Waals surface area (Å²) in [7, 11) is 0. The molecule has 0 aromatic heterocycles. The Morgan fingerprint density at radius 1 is 1.44 bits per heavy atom.